The standard InChI is InChI=1S/C12H15N3O3S/c1-2-9-13-8(6-19-9)5-15-10(16)12(14-11(15)17)3-4-18-7-12/h6H,2-5,7H2,1H3,(H,14,17). The molecule has 0 radical (unpaired) electrons. The van der Waals surface area contributed by atoms with Gasteiger partial charge in [0.05, 0.1) is 23.9 Å². The summed E-state index contributed by atoms with van der Waals surface area (Å²) in [4.78, 5) is 29.9. The van der Waals surface area contributed by atoms with Gasteiger partial charge >= 0.3 is 6.03 Å². The molecule has 2 saturated heterocycles. The Morgan fingerprint density at radius 2 is 2.42 bits per heavy atom. The van der Waals surface area contributed by atoms with E-state index >= 15 is 0 Å². The Labute approximate surface area is 114 Å². The molecule has 1 aromatic heterocycles. The van der Waals surface area contributed by atoms with E-state index in [4.69, 9.17) is 4.74 Å². The van der Waals surface area contributed by atoms with Crippen LogP contribution in [0.25, 0.3) is 0 Å². The van der Waals surface area contributed by atoms with Crippen LogP contribution in [-0.2, 0) is 22.5 Å². The third-order valence-corrected chi connectivity index (χ3v) is 4.53. The molecule has 3 amide bonds. The number of nitrogens with zero attached hydrogens (tertiary/aromatic N) is 2. The minimum Gasteiger partial charge on any atom is -0.378 e. The van der Waals surface area contributed by atoms with Crippen molar-refractivity contribution >= 4 is 23.3 Å². The van der Waals surface area contributed by atoms with Gasteiger partial charge in [0.15, 0.2) is 0 Å². The Morgan fingerprint density at radius 1 is 1.58 bits per heavy atom. The summed E-state index contributed by atoms with van der Waals surface area (Å²) >= 11 is 1.55. The van der Waals surface area contributed by atoms with Gasteiger partial charge in [-0.1, -0.05) is 6.92 Å². The maximum Gasteiger partial charge on any atom is 0.325 e. The van der Waals surface area contributed by atoms with E-state index in [1.54, 1.807) is 11.3 Å². The fourth-order valence-electron chi connectivity index (χ4n) is 2.40. The van der Waals surface area contributed by atoms with Crippen LogP contribution in [0.15, 0.2) is 5.38 Å². The van der Waals surface area contributed by atoms with Crippen LogP contribution in [0.5, 0.6) is 0 Å². The second kappa shape index (κ2) is 4.57. The largest absolute Gasteiger partial charge is 0.378 e. The number of thiazole rings is 1. The normalized spacial score (nSPS) is 26.5. The van der Waals surface area contributed by atoms with Gasteiger partial charge in [-0.05, 0) is 6.42 Å². The van der Waals surface area contributed by atoms with E-state index in [0.717, 1.165) is 17.1 Å². The number of nitrogens with one attached hydrogen (secondary N) is 1. The molecule has 2 aliphatic rings. The molecule has 0 aromatic carbocycles. The first-order valence-corrected chi connectivity index (χ1v) is 7.18. The van der Waals surface area contributed by atoms with Crippen molar-refractivity contribution in [1.29, 1.82) is 0 Å². The molecule has 3 heterocycles. The molecule has 102 valence electrons. The minimum absolute atomic E-state index is 0.193. The molecular formula is C12H15N3O3S. The number of amides is 3. The second-order valence-corrected chi connectivity index (χ2v) is 5.73. The predicted molar refractivity (Wildman–Crippen MR) is 68.7 cm³/mol. The van der Waals surface area contributed by atoms with Crippen LogP contribution in [0.2, 0.25) is 0 Å². The number of rotatable bonds is 3. The highest BCUT2D eigenvalue weighted by atomic mass is 32.1. The lowest BCUT2D eigenvalue weighted by molar-refractivity contribution is -0.131. The van der Waals surface area contributed by atoms with E-state index in [1.807, 2.05) is 12.3 Å². The molecule has 3 rings (SSSR count). The summed E-state index contributed by atoms with van der Waals surface area (Å²) in [7, 11) is 0. The van der Waals surface area contributed by atoms with Crippen LogP contribution in [0, 0.1) is 0 Å². The first-order chi connectivity index (χ1) is 9.14. The van der Waals surface area contributed by atoms with Crippen LogP contribution in [0.4, 0.5) is 4.79 Å². The monoisotopic (exact) mass is 281 g/mol. The molecule has 0 aliphatic carbocycles. The summed E-state index contributed by atoms with van der Waals surface area (Å²) in [6.45, 7) is 3.05. The van der Waals surface area contributed by atoms with Crippen LogP contribution in [0.1, 0.15) is 24.0 Å². The average Bonchev–Trinajstić information content (AvgIpc) is 3.08. The number of urea groups is 1. The number of hydrogen-bond acceptors (Lipinski definition) is 5. The Balaban J connectivity index is 1.77. The number of aryl methyl sites for hydroxylation is 1. The van der Waals surface area contributed by atoms with Gasteiger partial charge in [0.1, 0.15) is 5.54 Å². The number of hydrogen-bond donors (Lipinski definition) is 1. The summed E-state index contributed by atoms with van der Waals surface area (Å²) in [5, 5.41) is 5.67. The topological polar surface area (TPSA) is 71.5 Å². The summed E-state index contributed by atoms with van der Waals surface area (Å²) in [5.41, 5.74) is -0.0675. The number of aromatic nitrogens is 1. The summed E-state index contributed by atoms with van der Waals surface area (Å²) in [5.74, 6) is -0.193. The molecule has 1 atom stereocenters. The van der Waals surface area contributed by atoms with Crippen molar-refractivity contribution in [2.45, 2.75) is 31.8 Å². The zero-order chi connectivity index (χ0) is 13.5. The fraction of sp³-hybridized carbons (Fsp3) is 0.583. The Kier molecular flexibility index (Phi) is 3.02. The summed E-state index contributed by atoms with van der Waals surface area (Å²) in [6, 6.07) is -0.346. The Hall–Kier alpha value is -1.47. The van der Waals surface area contributed by atoms with Crippen LogP contribution in [-0.4, -0.2) is 40.6 Å². The first kappa shape index (κ1) is 12.6. The Bertz CT molecular complexity index is 522. The van der Waals surface area contributed by atoms with Crippen molar-refractivity contribution in [1.82, 2.24) is 15.2 Å². The third kappa shape index (κ3) is 2.02. The van der Waals surface area contributed by atoms with Gasteiger partial charge < -0.3 is 10.1 Å². The van der Waals surface area contributed by atoms with E-state index in [2.05, 4.69) is 10.3 Å². The molecule has 2 fully saturated rings. The van der Waals surface area contributed by atoms with Crippen LogP contribution >= 0.6 is 11.3 Å². The van der Waals surface area contributed by atoms with E-state index in [-0.39, 0.29) is 25.1 Å². The van der Waals surface area contributed by atoms with Crippen molar-refractivity contribution < 1.29 is 14.3 Å². The summed E-state index contributed by atoms with van der Waals surface area (Å²) in [6.07, 6.45) is 1.41. The lowest BCUT2D eigenvalue weighted by Crippen LogP contribution is -2.47. The van der Waals surface area contributed by atoms with Gasteiger partial charge in [-0.15, -0.1) is 11.3 Å². The van der Waals surface area contributed by atoms with Crippen molar-refractivity contribution in [3.05, 3.63) is 16.1 Å². The molecule has 1 spiro atoms. The van der Waals surface area contributed by atoms with Crippen molar-refractivity contribution in [2.75, 3.05) is 13.2 Å². The SMILES string of the molecule is CCc1nc(CN2C(=O)NC3(CCOC3)C2=O)cs1. The lowest BCUT2D eigenvalue weighted by Gasteiger charge is -2.17. The number of carbonyl (C=O) groups is 2. The quantitative estimate of drug-likeness (QED) is 0.836. The van der Waals surface area contributed by atoms with Gasteiger partial charge in [-0.3, -0.25) is 9.69 Å². The average molecular weight is 281 g/mol. The highest BCUT2D eigenvalue weighted by Gasteiger charge is 2.53. The maximum atomic E-state index is 12.4. The molecule has 1 aromatic rings. The number of ether oxygens (including phenoxy) is 1. The van der Waals surface area contributed by atoms with Gasteiger partial charge in [0.2, 0.25) is 0 Å². The Morgan fingerprint density at radius 3 is 3.05 bits per heavy atom. The molecule has 6 nitrogen and oxygen atoms in total. The maximum absolute atomic E-state index is 12.4. The highest BCUT2D eigenvalue weighted by molar-refractivity contribution is 7.09. The number of carbonyl (C=O) groups excluding carboxylic acids is 2. The predicted octanol–water partition coefficient (Wildman–Crippen LogP) is 0.916. The summed E-state index contributed by atoms with van der Waals surface area (Å²) < 4.78 is 5.25. The molecule has 2 aliphatic heterocycles. The molecule has 7 heteroatoms. The van der Waals surface area contributed by atoms with E-state index in [0.29, 0.717) is 13.0 Å². The van der Waals surface area contributed by atoms with E-state index in [9.17, 15) is 9.59 Å². The minimum atomic E-state index is -0.833. The highest BCUT2D eigenvalue weighted by Crippen LogP contribution is 2.28. The number of imide groups is 1. The zero-order valence-electron chi connectivity index (χ0n) is 10.6. The molecule has 1 N–H and O–H groups in total. The van der Waals surface area contributed by atoms with E-state index < -0.39 is 5.54 Å². The van der Waals surface area contributed by atoms with Gasteiger partial charge in [0, 0.05) is 18.4 Å². The smallest absolute Gasteiger partial charge is 0.325 e. The zero-order valence-corrected chi connectivity index (χ0v) is 11.5. The van der Waals surface area contributed by atoms with Gasteiger partial charge in [-0.2, -0.15) is 0 Å². The van der Waals surface area contributed by atoms with Crippen molar-refractivity contribution in [3.8, 4) is 0 Å². The lowest BCUT2D eigenvalue weighted by atomic mass is 9.99. The molecule has 1 unspecified atom stereocenters. The molecule has 0 bridgehead atoms. The molecule has 0 saturated carbocycles. The van der Waals surface area contributed by atoms with Gasteiger partial charge in [-0.25, -0.2) is 9.78 Å². The van der Waals surface area contributed by atoms with Crippen molar-refractivity contribution in [2.24, 2.45) is 0 Å². The van der Waals surface area contributed by atoms with Crippen LogP contribution < -0.4 is 5.32 Å². The molecule has 19 heavy (non-hydrogen) atoms. The first-order valence-electron chi connectivity index (χ1n) is 6.30. The van der Waals surface area contributed by atoms with Crippen molar-refractivity contribution in [3.63, 3.8) is 0 Å². The van der Waals surface area contributed by atoms with E-state index in [1.165, 1.54) is 4.90 Å². The fourth-order valence-corrected chi connectivity index (χ4v) is 3.13. The van der Waals surface area contributed by atoms with Crippen LogP contribution in [0.3, 0.4) is 0 Å². The molecular weight excluding hydrogens is 266 g/mol. The van der Waals surface area contributed by atoms with Gasteiger partial charge in [0.25, 0.3) is 5.91 Å². The third-order valence-electron chi connectivity index (χ3n) is 3.49. The second-order valence-electron chi connectivity index (χ2n) is 4.79.